The molecule has 11 heteroatoms. The number of hydrogen-bond acceptors (Lipinski definition) is 8. The first-order valence-corrected chi connectivity index (χ1v) is 12.9. The maximum Gasteiger partial charge on any atom is 0.255 e. The quantitative estimate of drug-likeness (QED) is 0.361. The van der Waals surface area contributed by atoms with Gasteiger partial charge in [-0.05, 0) is 47.9 Å². The maximum absolute atomic E-state index is 12.8. The van der Waals surface area contributed by atoms with Gasteiger partial charge in [-0.3, -0.25) is 9.59 Å². The van der Waals surface area contributed by atoms with Crippen LogP contribution in [0, 0.1) is 0 Å². The third-order valence-corrected chi connectivity index (χ3v) is 7.78. The summed E-state index contributed by atoms with van der Waals surface area (Å²) in [7, 11) is 0. The van der Waals surface area contributed by atoms with Crippen molar-refractivity contribution in [2.75, 3.05) is 12.3 Å². The third kappa shape index (κ3) is 5.59. The van der Waals surface area contributed by atoms with Crippen molar-refractivity contribution in [1.29, 1.82) is 0 Å². The highest BCUT2D eigenvalue weighted by molar-refractivity contribution is 7.13. The molecule has 0 radical (unpaired) electrons. The number of halogens is 1. The molecule has 0 unspecified atom stereocenters. The number of thiazole rings is 1. The summed E-state index contributed by atoms with van der Waals surface area (Å²) < 4.78 is 0. The molecule has 0 spiro atoms. The molecule has 3 atom stereocenters. The average Bonchev–Trinajstić information content (AvgIpc) is 3.58. The van der Waals surface area contributed by atoms with Crippen LogP contribution in [-0.4, -0.2) is 50.7 Å². The number of likely N-dealkylation sites (tertiary alicyclic amines) is 1. The first-order chi connectivity index (χ1) is 16.3. The molecular formula is C23H25ClN4O4S2. The number of nitrogens with zero attached hydrogens (tertiary/aromatic N) is 2. The molecule has 1 aromatic carbocycles. The Hall–Kier alpha value is -2.50. The van der Waals surface area contributed by atoms with Crippen molar-refractivity contribution in [3.8, 4) is 0 Å². The second kappa shape index (κ2) is 10.8. The topological polar surface area (TPSA) is 129 Å². The number of aliphatic hydroxyl groups excluding tert-OH is 2. The Bertz CT molecular complexity index is 1170. The van der Waals surface area contributed by atoms with E-state index in [2.05, 4.69) is 10.3 Å². The van der Waals surface area contributed by atoms with Gasteiger partial charge < -0.3 is 26.2 Å². The van der Waals surface area contributed by atoms with E-state index < -0.39 is 24.0 Å². The van der Waals surface area contributed by atoms with Crippen LogP contribution in [0.2, 0.25) is 5.02 Å². The predicted octanol–water partition coefficient (Wildman–Crippen LogP) is 2.73. The maximum atomic E-state index is 12.8. The molecule has 3 heterocycles. The molecule has 1 aliphatic heterocycles. The van der Waals surface area contributed by atoms with Crippen LogP contribution in [0.15, 0.2) is 41.1 Å². The summed E-state index contributed by atoms with van der Waals surface area (Å²) in [5.74, 6) is -1.51. The van der Waals surface area contributed by atoms with E-state index in [-0.39, 0.29) is 12.6 Å². The Balaban J connectivity index is 1.31. The summed E-state index contributed by atoms with van der Waals surface area (Å²) in [5, 5.41) is 28.2. The molecule has 180 valence electrons. The summed E-state index contributed by atoms with van der Waals surface area (Å²) in [4.78, 5) is 31.8. The molecule has 0 saturated carbocycles. The minimum atomic E-state index is -1.88. The molecule has 2 aromatic heterocycles. The molecule has 0 bridgehead atoms. The Morgan fingerprint density at radius 2 is 2.03 bits per heavy atom. The molecule has 1 saturated heterocycles. The summed E-state index contributed by atoms with van der Waals surface area (Å²) in [6, 6.07) is 9.24. The van der Waals surface area contributed by atoms with Gasteiger partial charge in [0.15, 0.2) is 17.3 Å². The summed E-state index contributed by atoms with van der Waals surface area (Å²) in [6.45, 7) is 0.587. The normalized spacial score (nSPS) is 17.5. The van der Waals surface area contributed by atoms with Crippen LogP contribution in [-0.2, 0) is 22.6 Å². The van der Waals surface area contributed by atoms with Crippen molar-refractivity contribution < 1.29 is 19.8 Å². The molecule has 1 aliphatic rings. The highest BCUT2D eigenvalue weighted by Crippen LogP contribution is 2.33. The summed E-state index contributed by atoms with van der Waals surface area (Å²) in [6.07, 6.45) is -1.66. The number of thiophene rings is 1. The van der Waals surface area contributed by atoms with E-state index >= 15 is 0 Å². The van der Waals surface area contributed by atoms with Gasteiger partial charge in [-0.1, -0.05) is 29.8 Å². The number of benzene rings is 1. The van der Waals surface area contributed by atoms with Crippen molar-refractivity contribution in [3.05, 3.63) is 67.8 Å². The zero-order valence-corrected chi connectivity index (χ0v) is 20.6. The van der Waals surface area contributed by atoms with Gasteiger partial charge in [-0.2, -0.15) is 0 Å². The van der Waals surface area contributed by atoms with Crippen molar-refractivity contribution in [1.82, 2.24) is 15.2 Å². The van der Waals surface area contributed by atoms with E-state index in [9.17, 15) is 19.8 Å². The minimum absolute atomic E-state index is 0.175. The monoisotopic (exact) mass is 520 g/mol. The summed E-state index contributed by atoms with van der Waals surface area (Å²) in [5.41, 5.74) is 8.42. The van der Waals surface area contributed by atoms with Crippen LogP contribution in [0.4, 0.5) is 5.13 Å². The fraction of sp³-hybridized carbons (Fsp3) is 0.348. The number of hydrogen-bond donors (Lipinski definition) is 4. The number of amides is 2. The molecule has 34 heavy (non-hydrogen) atoms. The highest BCUT2D eigenvalue weighted by Gasteiger charge is 2.39. The molecule has 2 amide bonds. The fourth-order valence-corrected chi connectivity index (χ4v) is 5.63. The first kappa shape index (κ1) is 24.6. The lowest BCUT2D eigenvalue weighted by Crippen LogP contribution is -2.50. The van der Waals surface area contributed by atoms with E-state index in [4.69, 9.17) is 17.3 Å². The third-order valence-electron chi connectivity index (χ3n) is 5.74. The van der Waals surface area contributed by atoms with E-state index in [0.29, 0.717) is 35.2 Å². The Kier molecular flexibility index (Phi) is 7.84. The number of rotatable bonds is 8. The van der Waals surface area contributed by atoms with Crippen LogP contribution in [0.1, 0.15) is 40.6 Å². The number of carbonyl (C=O) groups is 2. The average molecular weight is 521 g/mol. The standard InChI is InChI=1S/C23H25ClN4O4S2/c24-16-5-2-1-4-14(16)8-13-9-15(33-11-13)10-26-21(31)19(29)20(30)22(32)28-7-3-6-18(28)17-12-34-23(25)27-17/h1-2,4-5,9,11-12,18-20,29-30H,3,6-8,10H2,(H2,25,27)(H,26,31)/t18-,19-,20-/m1/s1. The van der Waals surface area contributed by atoms with E-state index in [1.165, 1.54) is 27.6 Å². The van der Waals surface area contributed by atoms with Crippen LogP contribution in [0.25, 0.3) is 0 Å². The molecule has 1 fully saturated rings. The number of nitrogens with one attached hydrogen (secondary N) is 1. The number of anilines is 1. The predicted molar refractivity (Wildman–Crippen MR) is 133 cm³/mol. The van der Waals surface area contributed by atoms with Gasteiger partial charge in [-0.15, -0.1) is 22.7 Å². The van der Waals surface area contributed by atoms with Crippen molar-refractivity contribution in [3.63, 3.8) is 0 Å². The molecule has 0 aliphatic carbocycles. The van der Waals surface area contributed by atoms with Crippen LogP contribution < -0.4 is 11.1 Å². The van der Waals surface area contributed by atoms with Gasteiger partial charge in [0.05, 0.1) is 18.3 Å². The van der Waals surface area contributed by atoms with Gasteiger partial charge in [0.2, 0.25) is 0 Å². The molecule has 4 rings (SSSR count). The molecule has 5 N–H and O–H groups in total. The van der Waals surface area contributed by atoms with E-state index in [1.807, 2.05) is 35.7 Å². The van der Waals surface area contributed by atoms with Crippen molar-refractivity contribution in [2.24, 2.45) is 0 Å². The Morgan fingerprint density at radius 1 is 1.24 bits per heavy atom. The molecule has 3 aromatic rings. The smallest absolute Gasteiger partial charge is 0.255 e. The number of aliphatic hydroxyl groups is 2. The van der Waals surface area contributed by atoms with Crippen molar-refractivity contribution in [2.45, 2.75) is 44.1 Å². The Morgan fingerprint density at radius 3 is 2.76 bits per heavy atom. The minimum Gasteiger partial charge on any atom is -0.380 e. The second-order valence-corrected chi connectivity index (χ2v) is 10.4. The van der Waals surface area contributed by atoms with Gasteiger partial charge in [0.1, 0.15) is 0 Å². The number of nitrogens with two attached hydrogens (primary N) is 1. The van der Waals surface area contributed by atoms with Crippen LogP contribution in [0.5, 0.6) is 0 Å². The zero-order valence-electron chi connectivity index (χ0n) is 18.2. The van der Waals surface area contributed by atoms with Crippen LogP contribution >= 0.6 is 34.3 Å². The number of aromatic nitrogens is 1. The van der Waals surface area contributed by atoms with E-state index in [0.717, 1.165) is 22.4 Å². The molecule has 8 nitrogen and oxygen atoms in total. The van der Waals surface area contributed by atoms with Crippen molar-refractivity contribution >= 4 is 51.2 Å². The number of carbonyl (C=O) groups excluding carboxylic acids is 2. The lowest BCUT2D eigenvalue weighted by atomic mass is 10.1. The second-order valence-electron chi connectivity index (χ2n) is 8.10. The lowest BCUT2D eigenvalue weighted by molar-refractivity contribution is -0.153. The Labute approximate surface area is 210 Å². The fourth-order valence-electron chi connectivity index (χ4n) is 3.99. The molecular weight excluding hydrogens is 496 g/mol. The lowest BCUT2D eigenvalue weighted by Gasteiger charge is -2.27. The van der Waals surface area contributed by atoms with Gasteiger partial charge >= 0.3 is 0 Å². The zero-order chi connectivity index (χ0) is 24.2. The van der Waals surface area contributed by atoms with Gasteiger partial charge in [0, 0.05) is 21.8 Å². The SMILES string of the molecule is Nc1nc([C@H]2CCCN2C(=O)[C@H](O)[C@@H](O)C(=O)NCc2cc(Cc3ccccc3Cl)cs2)cs1. The number of nitrogen functional groups attached to an aromatic ring is 1. The van der Waals surface area contributed by atoms with Crippen LogP contribution in [0.3, 0.4) is 0 Å². The van der Waals surface area contributed by atoms with E-state index in [1.54, 1.807) is 5.38 Å². The summed E-state index contributed by atoms with van der Waals surface area (Å²) >= 11 is 8.97. The van der Waals surface area contributed by atoms with Gasteiger partial charge in [0.25, 0.3) is 11.8 Å². The largest absolute Gasteiger partial charge is 0.380 e. The first-order valence-electron chi connectivity index (χ1n) is 10.8. The highest BCUT2D eigenvalue weighted by atomic mass is 35.5. The van der Waals surface area contributed by atoms with Gasteiger partial charge in [-0.25, -0.2) is 4.98 Å².